The van der Waals surface area contributed by atoms with Gasteiger partial charge in [-0.05, 0) is 19.8 Å². The van der Waals surface area contributed by atoms with Crippen molar-refractivity contribution in [3.05, 3.63) is 0 Å². The maximum absolute atomic E-state index is 2.67. The summed E-state index contributed by atoms with van der Waals surface area (Å²) in [6, 6.07) is 0. The van der Waals surface area contributed by atoms with Crippen molar-refractivity contribution in [2.75, 3.05) is 39.3 Å². The van der Waals surface area contributed by atoms with Crippen LogP contribution in [0.2, 0.25) is 10.6 Å². The summed E-state index contributed by atoms with van der Waals surface area (Å²) in [6.45, 7) is 20.2. The number of hydrogen-bond donors (Lipinski definition) is 0. The molecule has 3 heteroatoms. The van der Waals surface area contributed by atoms with E-state index in [1.54, 1.807) is 0 Å². The van der Waals surface area contributed by atoms with Crippen LogP contribution in [0.25, 0.3) is 0 Å². The Morgan fingerprint density at radius 2 is 1.11 bits per heavy atom. The van der Waals surface area contributed by atoms with Crippen molar-refractivity contribution in [1.29, 1.82) is 0 Å². The van der Waals surface area contributed by atoms with E-state index < -0.39 is 0 Å². The Hall–Kier alpha value is 0.452. The molecule has 3 fully saturated rings. The van der Waals surface area contributed by atoms with Gasteiger partial charge in [0, 0.05) is 32.5 Å². The molecule has 0 aromatic heterocycles. The molecule has 0 saturated carbocycles. The molecule has 27 heavy (non-hydrogen) atoms. The molecule has 3 aliphatic rings. The van der Waals surface area contributed by atoms with Crippen molar-refractivity contribution in [2.24, 2.45) is 0 Å². The fourth-order valence-corrected chi connectivity index (χ4v) is 6.72. The first kappa shape index (κ1) is 25.5. The fourth-order valence-electron chi connectivity index (χ4n) is 5.03. The summed E-state index contributed by atoms with van der Waals surface area (Å²) in [5.74, 6) is 0. The number of unbranched alkanes of at least 4 members (excludes halogenated alkanes) is 4. The first-order valence-corrected chi connectivity index (χ1v) is 14.1. The average Bonchev–Trinajstić information content (AvgIpc) is 2.72. The van der Waals surface area contributed by atoms with E-state index in [9.17, 15) is 0 Å². The third kappa shape index (κ3) is 8.38. The van der Waals surface area contributed by atoms with Gasteiger partial charge in [0.15, 0.2) is 0 Å². The zero-order valence-electron chi connectivity index (χ0n) is 19.7. The molecular weight excluding hydrogens is 343 g/mol. The number of nitrogens with zero attached hydrogens (tertiary/aromatic N) is 2. The monoisotopic (exact) mass is 394 g/mol. The van der Waals surface area contributed by atoms with Crippen LogP contribution >= 0.6 is 0 Å². The Morgan fingerprint density at radius 1 is 0.704 bits per heavy atom. The summed E-state index contributed by atoms with van der Waals surface area (Å²) in [7, 11) is 0. The molecule has 0 N–H and O–H groups in total. The Labute approximate surface area is 178 Å². The maximum atomic E-state index is 2.67. The molecular formula is C24H51AlN2+2. The van der Waals surface area contributed by atoms with Crippen LogP contribution in [-0.4, -0.2) is 69.4 Å². The quantitative estimate of drug-likeness (QED) is 0.198. The second-order valence-electron chi connectivity index (χ2n) is 9.43. The Kier molecular flexibility index (Phi) is 13.6. The van der Waals surface area contributed by atoms with Gasteiger partial charge in [-0.25, -0.2) is 0 Å². The molecule has 0 spiro atoms. The molecule has 0 unspecified atom stereocenters. The van der Waals surface area contributed by atoms with Gasteiger partial charge >= 0.3 is 65.3 Å². The van der Waals surface area contributed by atoms with Crippen molar-refractivity contribution >= 4 is 15.2 Å². The topological polar surface area (TPSA) is 3.24 Å². The number of piperazine rings is 3. The molecule has 0 aromatic carbocycles. The van der Waals surface area contributed by atoms with Crippen LogP contribution < -0.4 is 0 Å². The van der Waals surface area contributed by atoms with Crippen LogP contribution in [0.5, 0.6) is 0 Å². The first-order chi connectivity index (χ1) is 13.1. The van der Waals surface area contributed by atoms with E-state index in [2.05, 4.69) is 39.5 Å². The SMILES string of the molecule is CCCCC(C)(CCCC)[N+]12CCN(CC1)CC2.CCC[CH2][Al+][CH2]CCC. The molecule has 0 atom stereocenters. The van der Waals surface area contributed by atoms with Crippen LogP contribution in [0.3, 0.4) is 0 Å². The van der Waals surface area contributed by atoms with Gasteiger partial charge in [0.25, 0.3) is 0 Å². The molecule has 158 valence electrons. The van der Waals surface area contributed by atoms with Gasteiger partial charge in [-0.2, -0.15) is 0 Å². The van der Waals surface area contributed by atoms with E-state index in [-0.39, 0.29) is 0 Å². The Balaban J connectivity index is 0.000000345. The molecule has 0 amide bonds. The van der Waals surface area contributed by atoms with Crippen LogP contribution in [0.15, 0.2) is 0 Å². The zero-order chi connectivity index (χ0) is 20.0. The van der Waals surface area contributed by atoms with Gasteiger partial charge in [-0.15, -0.1) is 0 Å². The second kappa shape index (κ2) is 14.4. The van der Waals surface area contributed by atoms with Gasteiger partial charge in [0.2, 0.25) is 0 Å². The zero-order valence-corrected chi connectivity index (χ0v) is 20.9. The average molecular weight is 395 g/mol. The van der Waals surface area contributed by atoms with Crippen LogP contribution in [0.1, 0.15) is 98.8 Å². The molecule has 2 bridgehead atoms. The minimum atomic E-state index is 0.568. The molecule has 2 nitrogen and oxygen atoms in total. The summed E-state index contributed by atoms with van der Waals surface area (Å²) < 4.78 is 1.45. The Bertz CT molecular complexity index is 323. The van der Waals surface area contributed by atoms with Crippen molar-refractivity contribution in [1.82, 2.24) is 4.90 Å². The fraction of sp³-hybridized carbons (Fsp3) is 1.00. The van der Waals surface area contributed by atoms with Gasteiger partial charge in [0.05, 0.1) is 25.2 Å². The number of rotatable bonds is 13. The number of fused-ring (bicyclic) bond motifs is 3. The van der Waals surface area contributed by atoms with Crippen molar-refractivity contribution in [3.8, 4) is 0 Å². The van der Waals surface area contributed by atoms with Gasteiger partial charge < -0.3 is 4.48 Å². The predicted octanol–water partition coefficient (Wildman–Crippen LogP) is 6.40. The van der Waals surface area contributed by atoms with E-state index in [1.807, 2.05) is 0 Å². The molecule has 0 aliphatic carbocycles. The normalized spacial score (nSPS) is 24.3. The van der Waals surface area contributed by atoms with Crippen LogP contribution in [0.4, 0.5) is 0 Å². The molecule has 3 aliphatic heterocycles. The first-order valence-electron chi connectivity index (χ1n) is 12.5. The van der Waals surface area contributed by atoms with Crippen LogP contribution in [0, 0.1) is 0 Å². The van der Waals surface area contributed by atoms with E-state index in [0.717, 1.165) is 15.2 Å². The predicted molar refractivity (Wildman–Crippen MR) is 124 cm³/mol. The van der Waals surface area contributed by atoms with Crippen molar-refractivity contribution in [3.63, 3.8) is 0 Å². The minimum absolute atomic E-state index is 0.568. The summed E-state index contributed by atoms with van der Waals surface area (Å²) in [5, 5.41) is 3.08. The van der Waals surface area contributed by atoms with E-state index in [4.69, 9.17) is 0 Å². The summed E-state index contributed by atoms with van der Waals surface area (Å²) in [4.78, 5) is 2.67. The molecule has 3 saturated heterocycles. The standard InChI is InChI=1S/C16H33N2.2C4H9.Al/c1-4-6-8-16(3,9-7-5-2)18-13-10-17(11-14-18)12-15-18;2*1-3-4-2;/h4-15H2,1-3H3;2*1,3-4H2,2H3;/q+1;;;+1. The summed E-state index contributed by atoms with van der Waals surface area (Å²) in [5.41, 5.74) is 0.568. The Morgan fingerprint density at radius 3 is 1.48 bits per heavy atom. The molecule has 3 rings (SSSR count). The van der Waals surface area contributed by atoms with Gasteiger partial charge in [-0.1, -0.05) is 26.7 Å². The number of quaternary nitrogens is 1. The summed E-state index contributed by atoms with van der Waals surface area (Å²) in [6.07, 6.45) is 14.2. The third-order valence-corrected chi connectivity index (χ3v) is 8.97. The van der Waals surface area contributed by atoms with Crippen molar-refractivity contribution < 1.29 is 4.48 Å². The molecule has 0 radical (unpaired) electrons. The number of hydrogen-bond acceptors (Lipinski definition) is 1. The van der Waals surface area contributed by atoms with E-state index >= 15 is 0 Å². The van der Waals surface area contributed by atoms with E-state index in [0.29, 0.717) is 5.54 Å². The summed E-state index contributed by atoms with van der Waals surface area (Å²) >= 11 is 0.818. The molecule has 0 aromatic rings. The van der Waals surface area contributed by atoms with Crippen molar-refractivity contribution in [2.45, 2.75) is 115 Å². The van der Waals surface area contributed by atoms with Gasteiger partial charge in [0.1, 0.15) is 0 Å². The van der Waals surface area contributed by atoms with E-state index in [1.165, 1.54) is 119 Å². The second-order valence-corrected chi connectivity index (χ2v) is 11.2. The third-order valence-electron chi connectivity index (χ3n) is 7.34. The molecule has 3 heterocycles. The van der Waals surface area contributed by atoms with Gasteiger partial charge in [-0.3, -0.25) is 4.90 Å². The van der Waals surface area contributed by atoms with Crippen LogP contribution in [-0.2, 0) is 0 Å².